The minimum absolute atomic E-state index is 0.351. The highest BCUT2D eigenvalue weighted by atomic mass is 32.2. The molecule has 0 amide bonds. The quantitative estimate of drug-likeness (QED) is 0.522. The summed E-state index contributed by atoms with van der Waals surface area (Å²) in [6.07, 6.45) is -1.92. The summed E-state index contributed by atoms with van der Waals surface area (Å²) in [6.45, 7) is 4.57. The molecule has 0 saturated carbocycles. The Bertz CT molecular complexity index is 603. The first-order chi connectivity index (χ1) is 11.3. The third-order valence-electron chi connectivity index (χ3n) is 3.74. The van der Waals surface area contributed by atoms with Crippen molar-refractivity contribution in [1.29, 1.82) is 0 Å². The highest BCUT2D eigenvalue weighted by Crippen LogP contribution is 2.33. The number of nitrogens with one attached hydrogen (secondary N) is 1. The highest BCUT2D eigenvalue weighted by molar-refractivity contribution is 8.03. The first kappa shape index (κ1) is 19.5. The lowest BCUT2D eigenvalue weighted by Crippen LogP contribution is -2.21. The number of rotatable bonds is 5. The third-order valence-corrected chi connectivity index (χ3v) is 6.18. The minimum atomic E-state index is -4.23. The molecule has 1 aliphatic heterocycles. The normalized spacial score (nSPS) is 17.6. The van der Waals surface area contributed by atoms with E-state index in [1.165, 1.54) is 6.07 Å². The number of allylic oxidation sites excluding steroid dienone is 1. The van der Waals surface area contributed by atoms with E-state index >= 15 is 0 Å². The van der Waals surface area contributed by atoms with Gasteiger partial charge in [-0.05, 0) is 55.0 Å². The Kier molecular flexibility index (Phi) is 6.92. The monoisotopic (exact) mass is 379 g/mol. The van der Waals surface area contributed by atoms with E-state index in [2.05, 4.69) is 5.32 Å². The van der Waals surface area contributed by atoms with Gasteiger partial charge >= 0.3 is 6.18 Å². The maximum atomic E-state index is 14.3. The number of benzene rings is 1. The van der Waals surface area contributed by atoms with Crippen LogP contribution in [0.5, 0.6) is 0 Å². The molecule has 0 spiro atoms. The fraction of sp³-hybridized carbons (Fsp3) is 0.529. The number of alkyl halides is 3. The molecule has 0 bridgehead atoms. The van der Waals surface area contributed by atoms with Gasteiger partial charge in [0.1, 0.15) is 5.82 Å². The molecule has 1 aromatic rings. The zero-order valence-electron chi connectivity index (χ0n) is 13.7. The summed E-state index contributed by atoms with van der Waals surface area (Å²) < 4.78 is 51.6. The molecule has 24 heavy (non-hydrogen) atoms. The van der Waals surface area contributed by atoms with Crippen LogP contribution in [-0.2, 0) is 6.42 Å². The molecule has 0 aliphatic carbocycles. The zero-order chi connectivity index (χ0) is 17.7. The fourth-order valence-electron chi connectivity index (χ4n) is 2.47. The molecule has 7 heteroatoms. The summed E-state index contributed by atoms with van der Waals surface area (Å²) in [5.74, 6) is -0.274. The smallest absolute Gasteiger partial charge is 0.380 e. The largest absolute Gasteiger partial charge is 0.398 e. The maximum absolute atomic E-state index is 14.3. The Labute approximate surface area is 148 Å². The van der Waals surface area contributed by atoms with Crippen molar-refractivity contribution >= 4 is 23.5 Å². The second-order valence-electron chi connectivity index (χ2n) is 5.70. The molecule has 1 aromatic carbocycles. The number of halogens is 4. The molecule has 134 valence electrons. The summed E-state index contributed by atoms with van der Waals surface area (Å²) in [5.41, 5.74) is 2.11. The van der Waals surface area contributed by atoms with Crippen LogP contribution >= 0.6 is 23.5 Å². The van der Waals surface area contributed by atoms with E-state index in [-0.39, 0.29) is 5.82 Å². The summed E-state index contributed by atoms with van der Waals surface area (Å²) in [5, 5.41) is 4.44. The van der Waals surface area contributed by atoms with Crippen LogP contribution in [0, 0.1) is 12.7 Å². The molecular weight excluding hydrogens is 358 g/mol. The zero-order valence-corrected chi connectivity index (χ0v) is 15.4. The SMILES string of the molecule is CC/C(Cc1cc(SCC(F)(F)F)c(C)cc1F)=C1\NCCCS1. The average Bonchev–Trinajstić information content (AvgIpc) is 2.53. The second kappa shape index (κ2) is 8.52. The van der Waals surface area contributed by atoms with Crippen LogP contribution < -0.4 is 5.32 Å². The number of hydrogen-bond donors (Lipinski definition) is 1. The van der Waals surface area contributed by atoms with E-state index in [0.717, 1.165) is 47.5 Å². The molecule has 1 nitrogen and oxygen atoms in total. The highest BCUT2D eigenvalue weighted by Gasteiger charge is 2.27. The summed E-state index contributed by atoms with van der Waals surface area (Å²) in [4.78, 5) is 0.494. The van der Waals surface area contributed by atoms with Gasteiger partial charge in [-0.25, -0.2) is 4.39 Å². The van der Waals surface area contributed by atoms with Crippen molar-refractivity contribution in [2.45, 2.75) is 44.2 Å². The fourth-order valence-corrected chi connectivity index (χ4v) is 4.42. The summed E-state index contributed by atoms with van der Waals surface area (Å²) >= 11 is 2.45. The molecule has 2 rings (SSSR count). The Balaban J connectivity index is 2.22. The minimum Gasteiger partial charge on any atom is -0.380 e. The van der Waals surface area contributed by atoms with Gasteiger partial charge in [-0.2, -0.15) is 13.2 Å². The van der Waals surface area contributed by atoms with Crippen molar-refractivity contribution in [2.75, 3.05) is 18.1 Å². The lowest BCUT2D eigenvalue weighted by Gasteiger charge is -2.21. The molecule has 1 saturated heterocycles. The molecule has 0 atom stereocenters. The van der Waals surface area contributed by atoms with Crippen molar-refractivity contribution < 1.29 is 17.6 Å². The topological polar surface area (TPSA) is 12.0 Å². The van der Waals surface area contributed by atoms with Crippen molar-refractivity contribution in [3.05, 3.63) is 39.7 Å². The Morgan fingerprint density at radius 3 is 2.67 bits per heavy atom. The molecule has 0 radical (unpaired) electrons. The van der Waals surface area contributed by atoms with E-state index in [1.54, 1.807) is 24.8 Å². The van der Waals surface area contributed by atoms with Gasteiger partial charge in [0.2, 0.25) is 0 Å². The molecule has 1 fully saturated rings. The molecule has 0 unspecified atom stereocenters. The van der Waals surface area contributed by atoms with E-state index in [9.17, 15) is 17.6 Å². The number of aryl methyl sites for hydroxylation is 1. The van der Waals surface area contributed by atoms with Gasteiger partial charge in [-0.3, -0.25) is 0 Å². The summed E-state index contributed by atoms with van der Waals surface area (Å²) in [6, 6.07) is 2.91. The Morgan fingerprint density at radius 1 is 1.33 bits per heavy atom. The van der Waals surface area contributed by atoms with Gasteiger partial charge in [-0.15, -0.1) is 23.5 Å². The third kappa shape index (κ3) is 5.62. The van der Waals surface area contributed by atoms with Crippen LogP contribution in [0.3, 0.4) is 0 Å². The van der Waals surface area contributed by atoms with E-state index < -0.39 is 11.9 Å². The van der Waals surface area contributed by atoms with Crippen LogP contribution in [0.4, 0.5) is 17.6 Å². The molecule has 1 N–H and O–H groups in total. The predicted octanol–water partition coefficient (Wildman–Crippen LogP) is 5.68. The van der Waals surface area contributed by atoms with Gasteiger partial charge < -0.3 is 5.32 Å². The summed E-state index contributed by atoms with van der Waals surface area (Å²) in [7, 11) is 0. The van der Waals surface area contributed by atoms with E-state index in [1.807, 2.05) is 6.92 Å². The van der Waals surface area contributed by atoms with Gasteiger partial charge in [0.25, 0.3) is 0 Å². The maximum Gasteiger partial charge on any atom is 0.398 e. The van der Waals surface area contributed by atoms with Crippen LogP contribution in [0.25, 0.3) is 0 Å². The molecule has 1 heterocycles. The lowest BCUT2D eigenvalue weighted by molar-refractivity contribution is -0.105. The van der Waals surface area contributed by atoms with E-state index in [0.29, 0.717) is 22.4 Å². The Hall–Kier alpha value is -0.820. The first-order valence-corrected chi connectivity index (χ1v) is 9.84. The van der Waals surface area contributed by atoms with Crippen LogP contribution in [-0.4, -0.2) is 24.2 Å². The number of hydrogen-bond acceptors (Lipinski definition) is 3. The van der Waals surface area contributed by atoms with Crippen molar-refractivity contribution in [3.63, 3.8) is 0 Å². The van der Waals surface area contributed by atoms with Gasteiger partial charge in [-0.1, -0.05) is 6.92 Å². The predicted molar refractivity (Wildman–Crippen MR) is 94.0 cm³/mol. The molecular formula is C17H21F4NS2. The first-order valence-electron chi connectivity index (χ1n) is 7.87. The lowest BCUT2D eigenvalue weighted by atomic mass is 10.0. The van der Waals surface area contributed by atoms with Crippen LogP contribution in [0.15, 0.2) is 27.6 Å². The average molecular weight is 379 g/mol. The molecule has 1 aliphatic rings. The Morgan fingerprint density at radius 2 is 2.08 bits per heavy atom. The van der Waals surface area contributed by atoms with Gasteiger partial charge in [0, 0.05) is 17.2 Å². The van der Waals surface area contributed by atoms with Crippen molar-refractivity contribution in [2.24, 2.45) is 0 Å². The van der Waals surface area contributed by atoms with Crippen molar-refractivity contribution in [3.8, 4) is 0 Å². The van der Waals surface area contributed by atoms with E-state index in [4.69, 9.17) is 0 Å². The standard InChI is InChI=1S/C17H21F4NS2/c1-3-12(16-22-5-4-6-23-16)8-13-9-15(11(2)7-14(13)18)24-10-17(19,20)21/h7,9,22H,3-6,8,10H2,1-2H3/b16-12-. The van der Waals surface area contributed by atoms with Crippen molar-refractivity contribution in [1.82, 2.24) is 5.32 Å². The molecule has 0 aromatic heterocycles. The second-order valence-corrected chi connectivity index (χ2v) is 7.83. The van der Waals surface area contributed by atoms with Gasteiger partial charge in [0.15, 0.2) is 0 Å². The van der Waals surface area contributed by atoms with Gasteiger partial charge in [0.05, 0.1) is 10.8 Å². The van der Waals surface area contributed by atoms with Crippen LogP contribution in [0.2, 0.25) is 0 Å². The number of thioether (sulfide) groups is 2. The van der Waals surface area contributed by atoms with Crippen LogP contribution in [0.1, 0.15) is 30.9 Å².